The molecule has 1 amide bonds. The van der Waals surface area contributed by atoms with E-state index in [1.54, 1.807) is 33.0 Å². The quantitative estimate of drug-likeness (QED) is 0.148. The summed E-state index contributed by atoms with van der Waals surface area (Å²) in [7, 11) is 5.12. The maximum absolute atomic E-state index is 12.7. The summed E-state index contributed by atoms with van der Waals surface area (Å²) < 4.78 is 18.4. The second-order valence-electron chi connectivity index (χ2n) is 16.2. The Balaban J connectivity index is 1.17. The molecular formula is C43H55N3O7. The molecule has 0 radical (unpaired) electrons. The third-order valence-electron chi connectivity index (χ3n) is 12.1. The molecule has 53 heavy (non-hydrogen) atoms. The maximum Gasteiger partial charge on any atom is 0.253 e. The van der Waals surface area contributed by atoms with Gasteiger partial charge in [-0.05, 0) is 78.8 Å². The van der Waals surface area contributed by atoms with Crippen LogP contribution in [0.25, 0.3) is 11.1 Å². The van der Waals surface area contributed by atoms with Crippen molar-refractivity contribution in [3.05, 3.63) is 95.6 Å². The minimum atomic E-state index is -0.742. The summed E-state index contributed by atoms with van der Waals surface area (Å²) in [5.74, 6) is 2.01. The number of aliphatic hydroxyl groups is 2. The van der Waals surface area contributed by atoms with Gasteiger partial charge in [0.25, 0.3) is 5.91 Å². The second-order valence-corrected chi connectivity index (χ2v) is 16.2. The number of aliphatic hydroxyl groups excluding tert-OH is 2. The zero-order chi connectivity index (χ0) is 37.6. The molecule has 2 aliphatic heterocycles. The van der Waals surface area contributed by atoms with Crippen LogP contribution in [-0.4, -0.2) is 90.5 Å². The zero-order valence-electron chi connectivity index (χ0n) is 31.8. The minimum Gasteiger partial charge on any atom is -0.497 e. The van der Waals surface area contributed by atoms with Crippen molar-refractivity contribution < 1.29 is 34.1 Å². The van der Waals surface area contributed by atoms with Crippen molar-refractivity contribution in [1.82, 2.24) is 15.3 Å². The molecule has 10 nitrogen and oxygen atoms in total. The van der Waals surface area contributed by atoms with Crippen LogP contribution >= 0.6 is 0 Å². The van der Waals surface area contributed by atoms with E-state index < -0.39 is 12.2 Å². The third kappa shape index (κ3) is 7.50. The van der Waals surface area contributed by atoms with Gasteiger partial charge in [0.15, 0.2) is 0 Å². The number of methoxy groups -OCH3 is 1. The Kier molecular flexibility index (Phi) is 10.7. The van der Waals surface area contributed by atoms with Gasteiger partial charge in [0.05, 0.1) is 32.4 Å². The molecule has 2 bridgehead atoms. The summed E-state index contributed by atoms with van der Waals surface area (Å²) in [6.07, 6.45) is 1.74. The highest BCUT2D eigenvalue weighted by Gasteiger charge is 2.59. The van der Waals surface area contributed by atoms with Crippen LogP contribution < -0.4 is 14.8 Å². The normalized spacial score (nSPS) is 29.5. The largest absolute Gasteiger partial charge is 0.497 e. The Morgan fingerprint density at radius 3 is 2.45 bits per heavy atom. The lowest BCUT2D eigenvalue weighted by molar-refractivity contribution is -0.180. The Bertz CT molecular complexity index is 1780. The van der Waals surface area contributed by atoms with Crippen LogP contribution in [0.4, 0.5) is 0 Å². The molecule has 5 aliphatic rings. The Morgan fingerprint density at radius 1 is 1.09 bits per heavy atom. The lowest BCUT2D eigenvalue weighted by Gasteiger charge is -2.53. The summed E-state index contributed by atoms with van der Waals surface area (Å²) in [4.78, 5) is 20.7. The van der Waals surface area contributed by atoms with Gasteiger partial charge in [-0.15, -0.1) is 0 Å². The number of para-hydroxylation sites is 1. The number of rotatable bonds is 13. The van der Waals surface area contributed by atoms with E-state index in [4.69, 9.17) is 19.0 Å². The molecule has 3 saturated carbocycles. The Morgan fingerprint density at radius 2 is 1.83 bits per heavy atom. The van der Waals surface area contributed by atoms with E-state index in [0.717, 1.165) is 34.4 Å². The van der Waals surface area contributed by atoms with E-state index in [9.17, 15) is 15.0 Å². The van der Waals surface area contributed by atoms with E-state index in [2.05, 4.69) is 25.7 Å². The van der Waals surface area contributed by atoms with Gasteiger partial charge in [-0.3, -0.25) is 14.9 Å². The van der Waals surface area contributed by atoms with E-state index in [1.165, 1.54) is 18.4 Å². The second kappa shape index (κ2) is 15.2. The van der Waals surface area contributed by atoms with Gasteiger partial charge in [-0.1, -0.05) is 68.5 Å². The lowest BCUT2D eigenvalue weighted by atomic mass is 9.54. The van der Waals surface area contributed by atoms with Crippen molar-refractivity contribution in [1.29, 1.82) is 0 Å². The van der Waals surface area contributed by atoms with Gasteiger partial charge < -0.3 is 29.3 Å². The Hall–Kier alpha value is -3.77. The van der Waals surface area contributed by atoms with Crippen LogP contribution in [-0.2, 0) is 22.7 Å². The Labute approximate surface area is 313 Å². The first-order valence-corrected chi connectivity index (χ1v) is 18.9. The van der Waals surface area contributed by atoms with E-state index in [1.807, 2.05) is 71.8 Å². The molecule has 8 rings (SSSR count). The number of nitrogens with zero attached hydrogens (tertiary/aromatic N) is 2. The highest BCUT2D eigenvalue weighted by molar-refractivity contribution is 5.94. The molecule has 284 valence electrons. The smallest absolute Gasteiger partial charge is 0.253 e. The predicted molar refractivity (Wildman–Crippen MR) is 203 cm³/mol. The maximum atomic E-state index is 12.7. The predicted octanol–water partition coefficient (Wildman–Crippen LogP) is 5.81. The summed E-state index contributed by atoms with van der Waals surface area (Å²) >= 11 is 0. The molecular weight excluding hydrogens is 670 g/mol. The molecule has 10 heteroatoms. The third-order valence-corrected chi connectivity index (χ3v) is 12.1. The highest BCUT2D eigenvalue weighted by atomic mass is 16.7. The van der Waals surface area contributed by atoms with Gasteiger partial charge in [-0.2, -0.15) is 5.06 Å². The number of hydroxylamine groups is 2. The monoisotopic (exact) mass is 725 g/mol. The van der Waals surface area contributed by atoms with Gasteiger partial charge in [0.1, 0.15) is 36.5 Å². The average Bonchev–Trinajstić information content (AvgIpc) is 3.81. The highest BCUT2D eigenvalue weighted by Crippen LogP contribution is 2.55. The molecule has 3 unspecified atom stereocenters. The molecule has 9 atom stereocenters. The standard InChI is InChI=1S/C43H55N3O7/c1-25-34-20-17-30(21-43(34,3)4)37(25)44-41-40(52-41)38-36(26(2)48)35(23-47)53-46(38)22-31-9-8-10-33(28-13-15-29(16-14-28)42(49)45(5)6)39(31)51-24-27-11-18-32(50-7)19-12-27/h8-16,18-19,26,30,34-38,40-41,44,47-48H,1,17,20-24H2,2-7H3/t26-,30?,34-,35-,36+,37+,38-,40?,41?/m0/s1. The van der Waals surface area contributed by atoms with Crippen molar-refractivity contribution in [2.45, 2.75) is 89.8 Å². The van der Waals surface area contributed by atoms with Gasteiger partial charge in [-0.25, -0.2) is 0 Å². The number of fused-ring (bicyclic) bond motifs is 3. The lowest BCUT2D eigenvalue weighted by Crippen LogP contribution is -2.54. The van der Waals surface area contributed by atoms with Crippen LogP contribution in [0.2, 0.25) is 0 Å². The summed E-state index contributed by atoms with van der Waals surface area (Å²) in [5.41, 5.74) is 5.77. The number of carbonyl (C=O) groups excluding carboxylic acids is 1. The van der Waals surface area contributed by atoms with Crippen LogP contribution in [0, 0.1) is 23.2 Å². The number of hydrogen-bond donors (Lipinski definition) is 3. The number of nitrogens with one attached hydrogen (secondary N) is 1. The zero-order valence-corrected chi connectivity index (χ0v) is 31.8. The van der Waals surface area contributed by atoms with Crippen LogP contribution in [0.3, 0.4) is 0 Å². The number of carbonyl (C=O) groups is 1. The topological polar surface area (TPSA) is 116 Å². The van der Waals surface area contributed by atoms with E-state index >= 15 is 0 Å². The molecule has 2 heterocycles. The molecule has 3 N–H and O–H groups in total. The first kappa shape index (κ1) is 37.5. The van der Waals surface area contributed by atoms with Crippen LogP contribution in [0.15, 0.2) is 78.9 Å². The summed E-state index contributed by atoms with van der Waals surface area (Å²) in [6.45, 7) is 11.5. The van der Waals surface area contributed by atoms with Gasteiger partial charge in [0, 0.05) is 42.7 Å². The van der Waals surface area contributed by atoms with Crippen LogP contribution in [0.5, 0.6) is 11.5 Å². The number of amides is 1. The van der Waals surface area contributed by atoms with Crippen LogP contribution in [0.1, 0.15) is 61.5 Å². The SMILES string of the molecule is C=C1[C@@H](NC2OC2[C@@H]2[C@H]([C@H](C)O)[C@H](CO)ON2Cc2cccc(-c3ccc(C(=O)N(C)C)cc3)c2OCc2ccc(OC)cc2)C2CC[C@@H]1C(C)(C)C2. The molecule has 2 saturated heterocycles. The average molecular weight is 726 g/mol. The fourth-order valence-corrected chi connectivity index (χ4v) is 9.33. The summed E-state index contributed by atoms with van der Waals surface area (Å²) in [6, 6.07) is 21.2. The number of ether oxygens (including phenoxy) is 3. The van der Waals surface area contributed by atoms with Gasteiger partial charge >= 0.3 is 0 Å². The van der Waals surface area contributed by atoms with Crippen molar-refractivity contribution >= 4 is 5.91 Å². The fraction of sp³-hybridized carbons (Fsp3) is 0.512. The number of hydrogen-bond acceptors (Lipinski definition) is 9. The van der Waals surface area contributed by atoms with E-state index in [0.29, 0.717) is 36.3 Å². The molecule has 0 spiro atoms. The fourth-order valence-electron chi connectivity index (χ4n) is 9.33. The van der Waals surface area contributed by atoms with Crippen molar-refractivity contribution in [3.8, 4) is 22.6 Å². The van der Waals surface area contributed by atoms with Crippen molar-refractivity contribution in [2.75, 3.05) is 27.8 Å². The first-order chi connectivity index (χ1) is 25.4. The number of epoxide rings is 1. The molecule has 5 fully saturated rings. The number of benzene rings is 3. The first-order valence-electron chi connectivity index (χ1n) is 18.9. The molecule has 3 aliphatic carbocycles. The molecule has 3 aromatic rings. The van der Waals surface area contributed by atoms with Crippen molar-refractivity contribution in [2.24, 2.45) is 23.2 Å². The van der Waals surface area contributed by atoms with Crippen molar-refractivity contribution in [3.63, 3.8) is 0 Å². The van der Waals surface area contributed by atoms with Gasteiger partial charge in [0.2, 0.25) is 0 Å². The minimum absolute atomic E-state index is 0.0659. The molecule has 3 aromatic carbocycles. The van der Waals surface area contributed by atoms with E-state index in [-0.39, 0.29) is 48.3 Å². The summed E-state index contributed by atoms with van der Waals surface area (Å²) in [5, 5.41) is 27.3. The molecule has 0 aromatic heterocycles.